The van der Waals surface area contributed by atoms with Crippen LogP contribution in [0.25, 0.3) is 0 Å². The fourth-order valence-electron chi connectivity index (χ4n) is 5.65. The van der Waals surface area contributed by atoms with Crippen molar-refractivity contribution in [3.05, 3.63) is 77.5 Å². The number of ether oxygens (including phenoxy) is 2. The number of hydrogen-bond donors (Lipinski definition) is 0. The monoisotopic (exact) mass is 579 g/mol. The molecule has 2 aliphatic rings. The second-order valence-corrected chi connectivity index (χ2v) is 10.2. The van der Waals surface area contributed by atoms with Crippen molar-refractivity contribution in [2.45, 2.75) is 50.3 Å². The van der Waals surface area contributed by atoms with E-state index in [-0.39, 0.29) is 18.6 Å². The van der Waals surface area contributed by atoms with E-state index >= 15 is 0 Å². The Morgan fingerprint density at radius 2 is 1.71 bits per heavy atom. The fraction of sp³-hybridized carbons (Fsp3) is 0.379. The maximum absolute atomic E-state index is 13.9. The van der Waals surface area contributed by atoms with Crippen LogP contribution in [0, 0.1) is 5.92 Å². The summed E-state index contributed by atoms with van der Waals surface area (Å²) in [5.41, 5.74) is -1.84. The van der Waals surface area contributed by atoms with Crippen molar-refractivity contribution in [1.29, 1.82) is 0 Å². The highest BCUT2D eigenvalue weighted by Gasteiger charge is 2.51. The van der Waals surface area contributed by atoms with Gasteiger partial charge in [0.25, 0.3) is 0 Å². The van der Waals surface area contributed by atoms with Crippen molar-refractivity contribution >= 4 is 17.4 Å². The van der Waals surface area contributed by atoms with Crippen LogP contribution in [0.5, 0.6) is 11.5 Å². The number of likely N-dealkylation sites (N-methyl/N-ethyl adjacent to an activating group) is 1. The van der Waals surface area contributed by atoms with E-state index in [1.807, 2.05) is 12.1 Å². The Kier molecular flexibility index (Phi) is 7.52. The maximum Gasteiger partial charge on any atom is 0.433 e. The van der Waals surface area contributed by atoms with Gasteiger partial charge in [0.2, 0.25) is 5.91 Å². The first-order valence-electron chi connectivity index (χ1n) is 12.9. The number of carbonyl (C=O) groups excluding carboxylic acids is 1. The number of methoxy groups -OCH3 is 1. The summed E-state index contributed by atoms with van der Waals surface area (Å²) in [5.74, 6) is -0.133. The summed E-state index contributed by atoms with van der Waals surface area (Å²) in [6.45, 7) is 0.192. The van der Waals surface area contributed by atoms with Gasteiger partial charge in [-0.25, -0.2) is 4.98 Å². The van der Waals surface area contributed by atoms with Gasteiger partial charge >= 0.3 is 12.4 Å². The summed E-state index contributed by atoms with van der Waals surface area (Å²) in [6, 6.07) is 13.3. The van der Waals surface area contributed by atoms with E-state index in [0.717, 1.165) is 5.56 Å². The van der Waals surface area contributed by atoms with Gasteiger partial charge in [0, 0.05) is 13.1 Å². The minimum absolute atomic E-state index is 0.00280. The minimum Gasteiger partial charge on any atom is -0.497 e. The van der Waals surface area contributed by atoms with Gasteiger partial charge in [-0.15, -0.1) is 0 Å². The van der Waals surface area contributed by atoms with Gasteiger partial charge in [-0.3, -0.25) is 4.79 Å². The highest BCUT2D eigenvalue weighted by molar-refractivity contribution is 6.00. The normalized spacial score (nSPS) is 20.3. The first kappa shape index (κ1) is 28.6. The third-order valence-corrected chi connectivity index (χ3v) is 7.64. The Morgan fingerprint density at radius 3 is 2.37 bits per heavy atom. The first-order valence-corrected chi connectivity index (χ1v) is 12.9. The average Bonchev–Trinajstić information content (AvgIpc) is 3.57. The zero-order chi connectivity index (χ0) is 29.5. The molecule has 2 fully saturated rings. The van der Waals surface area contributed by atoms with Gasteiger partial charge in [0.15, 0.2) is 0 Å². The van der Waals surface area contributed by atoms with Crippen molar-refractivity contribution in [3.8, 4) is 11.5 Å². The van der Waals surface area contributed by atoms with Gasteiger partial charge in [-0.2, -0.15) is 26.3 Å². The van der Waals surface area contributed by atoms with Gasteiger partial charge in [0.05, 0.1) is 18.4 Å². The molecule has 5 rings (SSSR count). The largest absolute Gasteiger partial charge is 0.497 e. The number of alkyl halides is 6. The van der Waals surface area contributed by atoms with Gasteiger partial charge in [-0.05, 0) is 67.1 Å². The molecule has 2 bridgehead atoms. The number of benzene rings is 2. The van der Waals surface area contributed by atoms with Crippen LogP contribution in [0.15, 0.2) is 60.7 Å². The lowest BCUT2D eigenvalue weighted by Gasteiger charge is -2.38. The maximum atomic E-state index is 13.9. The summed E-state index contributed by atoms with van der Waals surface area (Å²) in [6.07, 6.45) is -8.47. The Bertz CT molecular complexity index is 1380. The van der Waals surface area contributed by atoms with E-state index in [0.29, 0.717) is 42.5 Å². The van der Waals surface area contributed by atoms with E-state index in [1.165, 1.54) is 16.8 Å². The number of fused-ring (bicyclic) bond motifs is 2. The highest BCUT2D eigenvalue weighted by Crippen LogP contribution is 2.47. The molecule has 12 heteroatoms. The molecule has 1 aliphatic heterocycles. The van der Waals surface area contributed by atoms with Gasteiger partial charge < -0.3 is 19.3 Å². The molecule has 1 saturated heterocycles. The molecule has 1 saturated carbocycles. The quantitative estimate of drug-likeness (QED) is 0.291. The topological polar surface area (TPSA) is 54.9 Å². The first-order chi connectivity index (χ1) is 19.4. The third-order valence-electron chi connectivity index (χ3n) is 7.64. The molecule has 218 valence electrons. The lowest BCUT2D eigenvalue weighted by Crippen LogP contribution is -2.51. The second kappa shape index (κ2) is 10.8. The van der Waals surface area contributed by atoms with E-state index in [2.05, 4.69) is 4.98 Å². The fourth-order valence-corrected chi connectivity index (χ4v) is 5.65. The number of carbonyl (C=O) groups is 1. The SMILES string of the molecule is COc1ccc(COc2ccccc2N(C)C(=O)[C@@H]2[C@H]3CC[C@H](C3)N2c2cc(C(F)(F)F)cc(C(F)(F)F)n2)cc1. The molecule has 41 heavy (non-hydrogen) atoms. The van der Waals surface area contributed by atoms with Gasteiger partial charge in [-0.1, -0.05) is 24.3 Å². The number of amides is 1. The third kappa shape index (κ3) is 5.77. The molecule has 1 amide bonds. The number of hydrogen-bond acceptors (Lipinski definition) is 5. The molecule has 2 aromatic carbocycles. The van der Waals surface area contributed by atoms with Crippen LogP contribution in [0.4, 0.5) is 37.8 Å². The molecular weight excluding hydrogens is 552 g/mol. The summed E-state index contributed by atoms with van der Waals surface area (Å²) in [5, 5.41) is 0. The van der Waals surface area contributed by atoms with Crippen LogP contribution in [-0.4, -0.2) is 37.1 Å². The molecule has 0 N–H and O–H groups in total. The van der Waals surface area contributed by atoms with Crippen LogP contribution in [0.3, 0.4) is 0 Å². The molecule has 1 aromatic heterocycles. The van der Waals surface area contributed by atoms with E-state index < -0.39 is 47.4 Å². The zero-order valence-electron chi connectivity index (χ0n) is 22.2. The van der Waals surface area contributed by atoms with Crippen molar-refractivity contribution in [2.75, 3.05) is 24.0 Å². The minimum atomic E-state index is -5.09. The number of nitrogens with zero attached hydrogens (tertiary/aromatic N) is 3. The predicted molar refractivity (Wildman–Crippen MR) is 139 cm³/mol. The molecule has 2 heterocycles. The van der Waals surface area contributed by atoms with Crippen molar-refractivity contribution in [2.24, 2.45) is 5.92 Å². The van der Waals surface area contributed by atoms with Crippen LogP contribution < -0.4 is 19.3 Å². The second-order valence-electron chi connectivity index (χ2n) is 10.2. The van der Waals surface area contributed by atoms with Crippen LogP contribution in [-0.2, 0) is 23.8 Å². The Labute approximate surface area is 232 Å². The van der Waals surface area contributed by atoms with Gasteiger partial charge in [0.1, 0.15) is 35.7 Å². The number of para-hydroxylation sites is 2. The van der Waals surface area contributed by atoms with Crippen molar-refractivity contribution in [1.82, 2.24) is 4.98 Å². The number of aromatic nitrogens is 1. The Hall–Kier alpha value is -3.96. The zero-order valence-corrected chi connectivity index (χ0v) is 22.2. The van der Waals surface area contributed by atoms with E-state index in [4.69, 9.17) is 9.47 Å². The number of pyridine rings is 1. The van der Waals surface area contributed by atoms with Crippen molar-refractivity contribution < 1.29 is 40.6 Å². The summed E-state index contributed by atoms with van der Waals surface area (Å²) in [7, 11) is 3.08. The lowest BCUT2D eigenvalue weighted by molar-refractivity contribution is -0.145. The summed E-state index contributed by atoms with van der Waals surface area (Å²) >= 11 is 0. The number of halogens is 6. The predicted octanol–water partition coefficient (Wildman–Crippen LogP) is 6.73. The molecular formula is C29H27F6N3O3. The number of anilines is 2. The van der Waals surface area contributed by atoms with Crippen LogP contribution in [0.1, 0.15) is 36.1 Å². The van der Waals surface area contributed by atoms with Crippen LogP contribution in [0.2, 0.25) is 0 Å². The Morgan fingerprint density at radius 1 is 1.00 bits per heavy atom. The number of rotatable bonds is 7. The molecule has 0 spiro atoms. The van der Waals surface area contributed by atoms with E-state index in [1.54, 1.807) is 43.5 Å². The highest BCUT2D eigenvalue weighted by atomic mass is 19.4. The van der Waals surface area contributed by atoms with E-state index in [9.17, 15) is 31.1 Å². The number of piperidine rings is 1. The average molecular weight is 580 g/mol. The molecule has 3 aromatic rings. The molecule has 6 nitrogen and oxygen atoms in total. The molecule has 1 aliphatic carbocycles. The Balaban J connectivity index is 1.44. The molecule has 0 radical (unpaired) electrons. The lowest BCUT2D eigenvalue weighted by atomic mass is 9.97. The smallest absolute Gasteiger partial charge is 0.433 e. The molecule has 3 atom stereocenters. The summed E-state index contributed by atoms with van der Waals surface area (Å²) < 4.78 is 92.6. The van der Waals surface area contributed by atoms with Crippen molar-refractivity contribution in [3.63, 3.8) is 0 Å². The van der Waals surface area contributed by atoms with Crippen LogP contribution >= 0.6 is 0 Å². The summed E-state index contributed by atoms with van der Waals surface area (Å²) in [4.78, 5) is 20.2. The standard InChI is InChI=1S/C29H27F6N3O3/c1-37(22-5-3-4-6-23(22)41-16-17-7-11-21(40-2)12-8-17)27(39)26-18-9-10-20(13-18)38(26)25-15-19(28(30,31)32)14-24(36-25)29(33,34)35/h3-8,11-12,14-15,18,20,26H,9-10,13,16H2,1-2H3/t18-,20+,26-/m0/s1. The molecule has 0 unspecified atom stereocenters.